The molecule has 0 saturated carbocycles. The van der Waals surface area contributed by atoms with Gasteiger partial charge in [0.25, 0.3) is 0 Å². The van der Waals surface area contributed by atoms with Crippen molar-refractivity contribution in [2.75, 3.05) is 6.61 Å². The fourth-order valence-electron chi connectivity index (χ4n) is 4.54. The Hall–Kier alpha value is -1.97. The molecular formula is C23H28O3. The lowest BCUT2D eigenvalue weighted by Gasteiger charge is -2.39. The monoisotopic (exact) mass is 352 g/mol. The lowest BCUT2D eigenvalue weighted by molar-refractivity contribution is -0.266. The topological polar surface area (TPSA) is 35.5 Å². The van der Waals surface area contributed by atoms with Crippen LogP contribution in [0.2, 0.25) is 0 Å². The molecule has 0 spiro atoms. The van der Waals surface area contributed by atoms with Crippen molar-refractivity contribution >= 4 is 5.78 Å². The van der Waals surface area contributed by atoms with Gasteiger partial charge >= 0.3 is 0 Å². The lowest BCUT2D eigenvalue weighted by Crippen LogP contribution is -2.49. The molecule has 3 nitrogen and oxygen atoms in total. The van der Waals surface area contributed by atoms with Crippen molar-refractivity contribution in [3.8, 4) is 0 Å². The zero-order valence-electron chi connectivity index (χ0n) is 16.1. The molecule has 1 aliphatic rings. The van der Waals surface area contributed by atoms with Crippen LogP contribution in [-0.4, -0.2) is 18.2 Å². The zero-order valence-corrected chi connectivity index (χ0v) is 16.1. The summed E-state index contributed by atoms with van der Waals surface area (Å²) in [7, 11) is 0. The summed E-state index contributed by atoms with van der Waals surface area (Å²) >= 11 is 0. The molecule has 2 aromatic rings. The molecule has 1 fully saturated rings. The van der Waals surface area contributed by atoms with Crippen LogP contribution >= 0.6 is 0 Å². The third kappa shape index (κ3) is 2.70. The number of hydrogen-bond acceptors (Lipinski definition) is 3. The lowest BCUT2D eigenvalue weighted by atomic mass is 9.68. The number of ether oxygens (including phenoxy) is 2. The Balaban J connectivity index is 2.25. The third-order valence-electron chi connectivity index (χ3n) is 5.97. The Kier molecular flexibility index (Phi) is 5.05. The summed E-state index contributed by atoms with van der Waals surface area (Å²) in [5.74, 6) is -0.863. The Labute approximate surface area is 156 Å². The van der Waals surface area contributed by atoms with E-state index in [2.05, 4.69) is 24.3 Å². The highest BCUT2D eigenvalue weighted by Crippen LogP contribution is 2.60. The fourth-order valence-corrected chi connectivity index (χ4v) is 4.54. The van der Waals surface area contributed by atoms with E-state index >= 15 is 0 Å². The van der Waals surface area contributed by atoms with Crippen molar-refractivity contribution in [3.05, 3.63) is 71.8 Å². The third-order valence-corrected chi connectivity index (χ3v) is 5.97. The van der Waals surface area contributed by atoms with Crippen LogP contribution in [0.3, 0.4) is 0 Å². The SMILES string of the molecule is CCOC1(C)OC(c2ccccc2)(c2ccccc2)CC1(CC)C(C)=O. The van der Waals surface area contributed by atoms with Gasteiger partial charge in [-0.05, 0) is 38.3 Å². The molecule has 3 heteroatoms. The average molecular weight is 352 g/mol. The molecule has 1 aliphatic heterocycles. The summed E-state index contributed by atoms with van der Waals surface area (Å²) in [5, 5.41) is 0. The standard InChI is InChI=1S/C23H28O3/c1-5-22(18(3)24)17-23(19-13-9-7-10-14-19,20-15-11-8-12-16-20)26-21(22,4)25-6-2/h7-16H,5-6,17H2,1-4H3. The summed E-state index contributed by atoms with van der Waals surface area (Å²) in [6.45, 7) is 8.07. The maximum Gasteiger partial charge on any atom is 0.179 e. The van der Waals surface area contributed by atoms with Crippen molar-refractivity contribution in [3.63, 3.8) is 0 Å². The maximum absolute atomic E-state index is 12.9. The van der Waals surface area contributed by atoms with Gasteiger partial charge in [0.1, 0.15) is 11.4 Å². The predicted molar refractivity (Wildman–Crippen MR) is 103 cm³/mol. The highest BCUT2D eigenvalue weighted by Gasteiger charge is 2.66. The number of carbonyl (C=O) groups excluding carboxylic acids is 1. The molecule has 1 heterocycles. The number of Topliss-reactive ketones (excluding diaryl/α,β-unsaturated/α-hetero) is 1. The smallest absolute Gasteiger partial charge is 0.179 e. The van der Waals surface area contributed by atoms with Crippen LogP contribution in [0.15, 0.2) is 60.7 Å². The van der Waals surface area contributed by atoms with E-state index in [-0.39, 0.29) is 5.78 Å². The normalized spacial score (nSPS) is 27.4. The highest BCUT2D eigenvalue weighted by molar-refractivity contribution is 5.84. The fraction of sp³-hybridized carbons (Fsp3) is 0.435. The highest BCUT2D eigenvalue weighted by atomic mass is 16.7. The number of rotatable bonds is 6. The van der Waals surface area contributed by atoms with Crippen molar-refractivity contribution < 1.29 is 14.3 Å². The number of hydrogen-bond donors (Lipinski definition) is 0. The first kappa shape index (κ1) is 18.8. The molecule has 0 N–H and O–H groups in total. The van der Waals surface area contributed by atoms with E-state index in [1.54, 1.807) is 6.92 Å². The van der Waals surface area contributed by atoms with Gasteiger partial charge in [-0.3, -0.25) is 4.79 Å². The summed E-state index contributed by atoms with van der Waals surface area (Å²) < 4.78 is 12.9. The van der Waals surface area contributed by atoms with Gasteiger partial charge in [0.05, 0.1) is 5.41 Å². The van der Waals surface area contributed by atoms with E-state index in [9.17, 15) is 4.79 Å². The summed E-state index contributed by atoms with van der Waals surface area (Å²) in [6, 6.07) is 20.4. The van der Waals surface area contributed by atoms with E-state index in [1.165, 1.54) is 0 Å². The quantitative estimate of drug-likeness (QED) is 0.726. The van der Waals surface area contributed by atoms with Crippen LogP contribution < -0.4 is 0 Å². The van der Waals surface area contributed by atoms with E-state index in [0.717, 1.165) is 11.1 Å². The van der Waals surface area contributed by atoms with Crippen LogP contribution in [0, 0.1) is 5.41 Å². The Morgan fingerprint density at radius 2 is 1.50 bits per heavy atom. The van der Waals surface area contributed by atoms with E-state index in [1.807, 2.05) is 57.2 Å². The predicted octanol–water partition coefficient (Wildman–Crippen LogP) is 5.09. The Morgan fingerprint density at radius 3 is 1.88 bits per heavy atom. The summed E-state index contributed by atoms with van der Waals surface area (Å²) in [4.78, 5) is 12.9. The molecule has 2 atom stereocenters. The minimum atomic E-state index is -0.978. The molecule has 0 bridgehead atoms. The molecule has 1 saturated heterocycles. The maximum atomic E-state index is 12.9. The number of benzene rings is 2. The second-order valence-corrected chi connectivity index (χ2v) is 7.21. The zero-order chi connectivity index (χ0) is 18.8. The molecule has 3 rings (SSSR count). The van der Waals surface area contributed by atoms with Crippen LogP contribution in [0.5, 0.6) is 0 Å². The first-order chi connectivity index (χ1) is 12.4. The first-order valence-corrected chi connectivity index (χ1v) is 9.40. The van der Waals surface area contributed by atoms with E-state index < -0.39 is 16.8 Å². The molecule has 26 heavy (non-hydrogen) atoms. The molecule has 0 amide bonds. The second kappa shape index (κ2) is 6.98. The van der Waals surface area contributed by atoms with Crippen LogP contribution in [0.4, 0.5) is 0 Å². The molecular weight excluding hydrogens is 324 g/mol. The summed E-state index contributed by atoms with van der Waals surface area (Å²) in [5.41, 5.74) is 0.686. The number of ketones is 1. The van der Waals surface area contributed by atoms with Crippen molar-refractivity contribution in [1.29, 1.82) is 0 Å². The van der Waals surface area contributed by atoms with Crippen molar-refractivity contribution in [1.82, 2.24) is 0 Å². The van der Waals surface area contributed by atoms with Gasteiger partial charge in [0.15, 0.2) is 5.79 Å². The average Bonchev–Trinajstić information content (AvgIpc) is 2.94. The van der Waals surface area contributed by atoms with Crippen molar-refractivity contribution in [2.24, 2.45) is 5.41 Å². The van der Waals surface area contributed by atoms with Crippen LogP contribution in [0.25, 0.3) is 0 Å². The van der Waals surface area contributed by atoms with E-state index in [0.29, 0.717) is 19.4 Å². The van der Waals surface area contributed by atoms with Crippen LogP contribution in [-0.2, 0) is 19.9 Å². The van der Waals surface area contributed by atoms with Crippen molar-refractivity contribution in [2.45, 2.75) is 51.9 Å². The van der Waals surface area contributed by atoms with Gasteiger partial charge < -0.3 is 9.47 Å². The first-order valence-electron chi connectivity index (χ1n) is 9.40. The molecule has 2 aromatic carbocycles. The molecule has 2 unspecified atom stereocenters. The second-order valence-electron chi connectivity index (χ2n) is 7.21. The largest absolute Gasteiger partial charge is 0.349 e. The minimum absolute atomic E-state index is 0.115. The van der Waals surface area contributed by atoms with Gasteiger partial charge in [0.2, 0.25) is 0 Å². The van der Waals surface area contributed by atoms with Gasteiger partial charge in [-0.25, -0.2) is 0 Å². The van der Waals surface area contributed by atoms with Gasteiger partial charge in [-0.15, -0.1) is 0 Å². The molecule has 0 radical (unpaired) electrons. The molecule has 0 aromatic heterocycles. The molecule has 138 valence electrons. The number of carbonyl (C=O) groups is 1. The Morgan fingerprint density at radius 1 is 1.00 bits per heavy atom. The molecule has 0 aliphatic carbocycles. The minimum Gasteiger partial charge on any atom is -0.349 e. The Bertz CT molecular complexity index is 716. The van der Waals surface area contributed by atoms with Gasteiger partial charge in [-0.2, -0.15) is 0 Å². The van der Waals surface area contributed by atoms with Gasteiger partial charge in [-0.1, -0.05) is 67.6 Å². The van der Waals surface area contributed by atoms with E-state index in [4.69, 9.17) is 9.47 Å². The van der Waals surface area contributed by atoms with Gasteiger partial charge in [0, 0.05) is 13.0 Å². The summed E-state index contributed by atoms with van der Waals surface area (Å²) in [6.07, 6.45) is 1.23. The van der Waals surface area contributed by atoms with Crippen LogP contribution in [0.1, 0.15) is 51.7 Å².